The predicted molar refractivity (Wildman–Crippen MR) is 84.9 cm³/mol. The van der Waals surface area contributed by atoms with Gasteiger partial charge in [0.15, 0.2) is 0 Å². The quantitative estimate of drug-likeness (QED) is 0.902. The molecule has 136 valence electrons. The fourth-order valence-corrected chi connectivity index (χ4v) is 3.91. The number of benzene rings is 1. The number of ether oxygens (including phenoxy) is 1. The maximum Gasteiger partial charge on any atom is 0.308 e. The summed E-state index contributed by atoms with van der Waals surface area (Å²) < 4.78 is 31.9. The van der Waals surface area contributed by atoms with Crippen molar-refractivity contribution in [3.8, 4) is 0 Å². The van der Waals surface area contributed by atoms with E-state index in [2.05, 4.69) is 0 Å². The maximum absolute atomic E-state index is 13.7. The van der Waals surface area contributed by atoms with E-state index in [9.17, 15) is 23.5 Å². The monoisotopic (exact) mass is 353 g/mol. The van der Waals surface area contributed by atoms with Gasteiger partial charge in [-0.15, -0.1) is 0 Å². The molecule has 5 nitrogen and oxygen atoms in total. The largest absolute Gasteiger partial charge is 0.481 e. The Kier molecular flexibility index (Phi) is 5.03. The SMILES string of the molecule is O=C(O)C1CN(C(=O)CCc2ccc(F)cc2F)CC12CCOCC2. The van der Waals surface area contributed by atoms with Crippen LogP contribution in [-0.4, -0.2) is 48.2 Å². The number of carbonyl (C=O) groups is 2. The molecule has 1 amide bonds. The first-order chi connectivity index (χ1) is 11.9. The molecule has 2 aliphatic rings. The van der Waals surface area contributed by atoms with Gasteiger partial charge in [0.2, 0.25) is 5.91 Å². The molecule has 1 aromatic carbocycles. The molecule has 2 aliphatic heterocycles. The summed E-state index contributed by atoms with van der Waals surface area (Å²) in [5.74, 6) is -3.00. The number of halogens is 2. The molecule has 1 N–H and O–H groups in total. The molecule has 25 heavy (non-hydrogen) atoms. The highest BCUT2D eigenvalue weighted by molar-refractivity contribution is 5.79. The Morgan fingerprint density at radius 1 is 1.28 bits per heavy atom. The van der Waals surface area contributed by atoms with Gasteiger partial charge in [-0.3, -0.25) is 9.59 Å². The molecule has 1 spiro atoms. The van der Waals surface area contributed by atoms with E-state index in [1.165, 1.54) is 6.07 Å². The minimum absolute atomic E-state index is 0.0709. The highest BCUT2D eigenvalue weighted by atomic mass is 19.1. The van der Waals surface area contributed by atoms with Crippen molar-refractivity contribution in [3.05, 3.63) is 35.4 Å². The van der Waals surface area contributed by atoms with Crippen LogP contribution in [0.2, 0.25) is 0 Å². The predicted octanol–water partition coefficient (Wildman–Crippen LogP) is 2.24. The van der Waals surface area contributed by atoms with E-state index in [4.69, 9.17) is 4.74 Å². The fourth-order valence-electron chi connectivity index (χ4n) is 3.91. The fraction of sp³-hybridized carbons (Fsp3) is 0.556. The van der Waals surface area contributed by atoms with Crippen LogP contribution >= 0.6 is 0 Å². The molecule has 2 heterocycles. The van der Waals surface area contributed by atoms with Crippen LogP contribution < -0.4 is 0 Å². The molecule has 2 saturated heterocycles. The Hall–Kier alpha value is -2.02. The Balaban J connectivity index is 1.65. The van der Waals surface area contributed by atoms with Crippen LogP contribution in [0, 0.1) is 23.0 Å². The number of likely N-dealkylation sites (tertiary alicyclic amines) is 1. The van der Waals surface area contributed by atoms with Crippen LogP contribution in [0.5, 0.6) is 0 Å². The number of aryl methyl sites for hydroxylation is 1. The van der Waals surface area contributed by atoms with Crippen LogP contribution in [0.1, 0.15) is 24.8 Å². The van der Waals surface area contributed by atoms with Gasteiger partial charge in [-0.25, -0.2) is 8.78 Å². The second-order valence-electron chi connectivity index (χ2n) is 6.88. The Bertz CT molecular complexity index is 673. The number of amides is 1. The minimum atomic E-state index is -0.887. The highest BCUT2D eigenvalue weighted by Crippen LogP contribution is 2.44. The number of nitrogens with zero attached hydrogens (tertiary/aromatic N) is 1. The summed E-state index contributed by atoms with van der Waals surface area (Å²) in [5.41, 5.74) is -0.148. The average molecular weight is 353 g/mol. The number of carbonyl (C=O) groups excluding carboxylic acids is 1. The van der Waals surface area contributed by atoms with Gasteiger partial charge >= 0.3 is 5.97 Å². The molecule has 0 bridgehead atoms. The lowest BCUT2D eigenvalue weighted by Gasteiger charge is -2.36. The zero-order chi connectivity index (χ0) is 18.0. The summed E-state index contributed by atoms with van der Waals surface area (Å²) in [4.78, 5) is 25.7. The van der Waals surface area contributed by atoms with E-state index >= 15 is 0 Å². The van der Waals surface area contributed by atoms with Gasteiger partial charge in [-0.2, -0.15) is 0 Å². The van der Waals surface area contributed by atoms with E-state index < -0.39 is 28.9 Å². The van der Waals surface area contributed by atoms with Gasteiger partial charge < -0.3 is 14.7 Å². The summed E-state index contributed by atoms with van der Waals surface area (Å²) in [6.45, 7) is 1.59. The molecule has 0 aromatic heterocycles. The van der Waals surface area contributed by atoms with Crippen LogP contribution in [0.3, 0.4) is 0 Å². The number of hydrogen-bond donors (Lipinski definition) is 1. The third kappa shape index (κ3) is 3.66. The maximum atomic E-state index is 13.7. The van der Waals surface area contributed by atoms with Crippen molar-refractivity contribution in [1.29, 1.82) is 0 Å². The summed E-state index contributed by atoms with van der Waals surface area (Å²) in [6.07, 6.45) is 1.48. The molecule has 3 rings (SSSR count). The van der Waals surface area contributed by atoms with E-state index in [0.29, 0.717) is 32.6 Å². The first-order valence-electron chi connectivity index (χ1n) is 8.43. The van der Waals surface area contributed by atoms with Crippen molar-refractivity contribution >= 4 is 11.9 Å². The number of rotatable bonds is 4. The molecule has 1 unspecified atom stereocenters. The van der Waals surface area contributed by atoms with E-state index in [1.807, 2.05) is 0 Å². The third-order valence-electron chi connectivity index (χ3n) is 5.41. The van der Waals surface area contributed by atoms with Crippen LogP contribution in [-0.2, 0) is 20.7 Å². The third-order valence-corrected chi connectivity index (χ3v) is 5.41. The lowest BCUT2D eigenvalue weighted by molar-refractivity contribution is -0.146. The standard InChI is InChI=1S/C18H21F2NO4/c19-13-3-1-12(15(20)9-13)2-4-16(22)21-10-14(17(23)24)18(11-21)5-7-25-8-6-18/h1,3,9,14H,2,4-8,10-11H2,(H,23,24). The minimum Gasteiger partial charge on any atom is -0.481 e. The van der Waals surface area contributed by atoms with Crippen molar-refractivity contribution in [1.82, 2.24) is 4.90 Å². The highest BCUT2D eigenvalue weighted by Gasteiger charge is 2.51. The second kappa shape index (κ2) is 7.07. The molecular formula is C18H21F2NO4. The molecule has 7 heteroatoms. The van der Waals surface area contributed by atoms with Gasteiger partial charge in [-0.1, -0.05) is 6.07 Å². The lowest BCUT2D eigenvalue weighted by Crippen LogP contribution is -2.40. The normalized spacial score (nSPS) is 22.3. The van der Waals surface area contributed by atoms with Crippen LogP contribution in [0.15, 0.2) is 18.2 Å². The Morgan fingerprint density at radius 3 is 2.64 bits per heavy atom. The first kappa shape index (κ1) is 17.8. The van der Waals surface area contributed by atoms with E-state index in [-0.39, 0.29) is 30.9 Å². The van der Waals surface area contributed by atoms with Crippen molar-refractivity contribution in [3.63, 3.8) is 0 Å². The molecule has 1 aromatic rings. The Morgan fingerprint density at radius 2 is 2.00 bits per heavy atom. The number of hydrogen-bond acceptors (Lipinski definition) is 3. The summed E-state index contributed by atoms with van der Waals surface area (Å²) >= 11 is 0. The van der Waals surface area contributed by atoms with Gasteiger partial charge in [0.05, 0.1) is 5.92 Å². The molecule has 0 radical (unpaired) electrons. The van der Waals surface area contributed by atoms with Gasteiger partial charge in [-0.05, 0) is 30.9 Å². The van der Waals surface area contributed by atoms with Gasteiger partial charge in [0.25, 0.3) is 0 Å². The van der Waals surface area contributed by atoms with Crippen molar-refractivity contribution in [2.45, 2.75) is 25.7 Å². The Labute approximate surface area is 144 Å². The van der Waals surface area contributed by atoms with Crippen molar-refractivity contribution in [2.75, 3.05) is 26.3 Å². The topological polar surface area (TPSA) is 66.8 Å². The molecule has 0 aliphatic carbocycles. The van der Waals surface area contributed by atoms with Crippen molar-refractivity contribution < 1.29 is 28.2 Å². The number of carboxylic acids is 1. The smallest absolute Gasteiger partial charge is 0.308 e. The van der Waals surface area contributed by atoms with Crippen LogP contribution in [0.4, 0.5) is 8.78 Å². The molecule has 2 fully saturated rings. The average Bonchev–Trinajstić information content (AvgIpc) is 2.93. The lowest BCUT2D eigenvalue weighted by atomic mass is 9.72. The second-order valence-corrected chi connectivity index (χ2v) is 6.88. The summed E-state index contributed by atoms with van der Waals surface area (Å²) in [5, 5.41) is 9.54. The zero-order valence-corrected chi connectivity index (χ0v) is 13.8. The van der Waals surface area contributed by atoms with Crippen molar-refractivity contribution in [2.24, 2.45) is 11.3 Å². The van der Waals surface area contributed by atoms with Gasteiger partial charge in [0, 0.05) is 44.2 Å². The van der Waals surface area contributed by atoms with E-state index in [0.717, 1.165) is 12.1 Å². The van der Waals surface area contributed by atoms with Crippen LogP contribution in [0.25, 0.3) is 0 Å². The molecule has 0 saturated carbocycles. The zero-order valence-electron chi connectivity index (χ0n) is 13.8. The number of carboxylic acid groups (broad SMARTS) is 1. The summed E-state index contributed by atoms with van der Waals surface area (Å²) in [7, 11) is 0. The van der Waals surface area contributed by atoms with E-state index in [1.54, 1.807) is 4.90 Å². The molecule has 1 atom stereocenters. The number of aliphatic carboxylic acids is 1. The summed E-state index contributed by atoms with van der Waals surface area (Å²) in [6, 6.07) is 3.30. The molecular weight excluding hydrogens is 332 g/mol. The van der Waals surface area contributed by atoms with Gasteiger partial charge in [0.1, 0.15) is 11.6 Å². The first-order valence-corrected chi connectivity index (χ1v) is 8.43.